The highest BCUT2D eigenvalue weighted by Crippen LogP contribution is 2.33. The summed E-state index contributed by atoms with van der Waals surface area (Å²) in [7, 11) is 0. The standard InChI is InChI=1S/C21H22N2O3S2/c1-5-22-19(24)18(28-21(22)27)12-16-10-13(3)23(14(16)4)17-9-7-8-15(11-17)20(25)26-6-2/h7-12H,5-6H2,1-4H3/b18-12-. The van der Waals surface area contributed by atoms with Gasteiger partial charge in [-0.1, -0.05) is 30.0 Å². The summed E-state index contributed by atoms with van der Waals surface area (Å²) in [6.45, 7) is 8.60. The van der Waals surface area contributed by atoms with Gasteiger partial charge in [0.05, 0.1) is 17.1 Å². The van der Waals surface area contributed by atoms with Gasteiger partial charge in [0, 0.05) is 23.6 Å². The van der Waals surface area contributed by atoms with Crippen LogP contribution in [-0.2, 0) is 9.53 Å². The van der Waals surface area contributed by atoms with Crippen molar-refractivity contribution in [1.82, 2.24) is 9.47 Å². The summed E-state index contributed by atoms with van der Waals surface area (Å²) in [5, 5.41) is 0. The minimum absolute atomic E-state index is 0.0494. The van der Waals surface area contributed by atoms with E-state index < -0.39 is 0 Å². The number of nitrogens with zero attached hydrogens (tertiary/aromatic N) is 2. The van der Waals surface area contributed by atoms with Crippen molar-refractivity contribution in [2.24, 2.45) is 0 Å². The topological polar surface area (TPSA) is 51.5 Å². The molecule has 28 heavy (non-hydrogen) atoms. The number of aryl methyl sites for hydroxylation is 1. The second-order valence-corrected chi connectivity index (χ2v) is 8.03. The van der Waals surface area contributed by atoms with Gasteiger partial charge in [-0.05, 0) is 63.6 Å². The van der Waals surface area contributed by atoms with Crippen LogP contribution in [0.2, 0.25) is 0 Å². The van der Waals surface area contributed by atoms with E-state index >= 15 is 0 Å². The third kappa shape index (κ3) is 3.77. The fourth-order valence-corrected chi connectivity index (χ4v) is 4.61. The zero-order valence-corrected chi connectivity index (χ0v) is 17.9. The van der Waals surface area contributed by atoms with E-state index in [0.717, 1.165) is 22.6 Å². The van der Waals surface area contributed by atoms with Crippen LogP contribution in [0.3, 0.4) is 0 Å². The third-order valence-electron chi connectivity index (χ3n) is 4.56. The summed E-state index contributed by atoms with van der Waals surface area (Å²) in [4.78, 5) is 26.8. The number of likely N-dealkylation sites (N-methyl/N-ethyl adjacent to an activating group) is 1. The Bertz CT molecular complexity index is 992. The highest BCUT2D eigenvalue weighted by atomic mass is 32.2. The Labute approximate surface area is 174 Å². The molecule has 0 bridgehead atoms. The lowest BCUT2D eigenvalue weighted by molar-refractivity contribution is -0.121. The Morgan fingerprint density at radius 2 is 2.00 bits per heavy atom. The second-order valence-electron chi connectivity index (χ2n) is 6.36. The molecule has 5 nitrogen and oxygen atoms in total. The SMILES string of the molecule is CCOC(=O)c1cccc(-n2c(C)cc(/C=C3\SC(=S)N(CC)C3=O)c2C)c1. The van der Waals surface area contributed by atoms with E-state index in [1.807, 2.05) is 51.1 Å². The van der Waals surface area contributed by atoms with Crippen LogP contribution in [0, 0.1) is 13.8 Å². The first-order valence-corrected chi connectivity index (χ1v) is 10.3. The summed E-state index contributed by atoms with van der Waals surface area (Å²) in [6, 6.07) is 9.38. The maximum absolute atomic E-state index is 12.5. The van der Waals surface area contributed by atoms with E-state index in [4.69, 9.17) is 17.0 Å². The van der Waals surface area contributed by atoms with Gasteiger partial charge in [0.25, 0.3) is 5.91 Å². The van der Waals surface area contributed by atoms with Crippen molar-refractivity contribution in [3.05, 3.63) is 57.8 Å². The van der Waals surface area contributed by atoms with Crippen LogP contribution in [0.1, 0.15) is 41.2 Å². The highest BCUT2D eigenvalue weighted by molar-refractivity contribution is 8.26. The van der Waals surface area contributed by atoms with Crippen LogP contribution < -0.4 is 0 Å². The summed E-state index contributed by atoms with van der Waals surface area (Å²) in [5.41, 5.74) is 4.34. The Morgan fingerprint density at radius 3 is 2.64 bits per heavy atom. The molecule has 7 heteroatoms. The monoisotopic (exact) mass is 414 g/mol. The molecule has 1 aromatic carbocycles. The molecular weight excluding hydrogens is 392 g/mol. The number of ether oxygens (including phenoxy) is 1. The van der Waals surface area contributed by atoms with Crippen molar-refractivity contribution in [2.75, 3.05) is 13.2 Å². The van der Waals surface area contributed by atoms with Gasteiger partial charge in [0.2, 0.25) is 0 Å². The first-order valence-electron chi connectivity index (χ1n) is 9.09. The molecule has 3 rings (SSSR count). The van der Waals surface area contributed by atoms with E-state index in [2.05, 4.69) is 4.57 Å². The molecular formula is C21H22N2O3S2. The van der Waals surface area contributed by atoms with Crippen LogP contribution in [0.15, 0.2) is 35.2 Å². The molecule has 1 aliphatic heterocycles. The molecule has 1 saturated heterocycles. The van der Waals surface area contributed by atoms with Crippen molar-refractivity contribution in [3.63, 3.8) is 0 Å². The lowest BCUT2D eigenvalue weighted by Gasteiger charge is -2.11. The fourth-order valence-electron chi connectivity index (χ4n) is 3.23. The zero-order valence-electron chi connectivity index (χ0n) is 16.3. The summed E-state index contributed by atoms with van der Waals surface area (Å²) >= 11 is 6.62. The third-order valence-corrected chi connectivity index (χ3v) is 5.94. The van der Waals surface area contributed by atoms with Crippen LogP contribution in [0.25, 0.3) is 11.8 Å². The average molecular weight is 415 g/mol. The number of amides is 1. The van der Waals surface area contributed by atoms with E-state index in [9.17, 15) is 9.59 Å². The number of esters is 1. The first-order chi connectivity index (χ1) is 13.4. The number of carbonyl (C=O) groups is 2. The van der Waals surface area contributed by atoms with Gasteiger partial charge in [0.1, 0.15) is 4.32 Å². The number of benzene rings is 1. The largest absolute Gasteiger partial charge is 0.462 e. The number of rotatable bonds is 5. The van der Waals surface area contributed by atoms with Gasteiger partial charge < -0.3 is 9.30 Å². The molecule has 0 radical (unpaired) electrons. The molecule has 0 spiro atoms. The van der Waals surface area contributed by atoms with Crippen LogP contribution >= 0.6 is 24.0 Å². The highest BCUT2D eigenvalue weighted by Gasteiger charge is 2.31. The van der Waals surface area contributed by atoms with Crippen molar-refractivity contribution in [1.29, 1.82) is 0 Å². The quantitative estimate of drug-likeness (QED) is 0.410. The molecule has 1 fully saturated rings. The van der Waals surface area contributed by atoms with Crippen LogP contribution in [0.4, 0.5) is 0 Å². The van der Waals surface area contributed by atoms with E-state index in [1.165, 1.54) is 11.8 Å². The molecule has 0 N–H and O–H groups in total. The smallest absolute Gasteiger partial charge is 0.338 e. The fraction of sp³-hybridized carbons (Fsp3) is 0.286. The van der Waals surface area contributed by atoms with Gasteiger partial charge in [-0.15, -0.1) is 0 Å². The van der Waals surface area contributed by atoms with Crippen molar-refractivity contribution in [3.8, 4) is 5.69 Å². The number of hydrogen-bond acceptors (Lipinski definition) is 5. The van der Waals surface area contributed by atoms with E-state index in [-0.39, 0.29) is 11.9 Å². The maximum atomic E-state index is 12.5. The average Bonchev–Trinajstić information content (AvgIpc) is 3.10. The predicted octanol–water partition coefficient (Wildman–Crippen LogP) is 4.49. The molecule has 1 aliphatic rings. The molecule has 2 heterocycles. The first kappa shape index (κ1) is 20.4. The summed E-state index contributed by atoms with van der Waals surface area (Å²) in [5.74, 6) is -0.387. The molecule has 0 saturated carbocycles. The number of carbonyl (C=O) groups excluding carboxylic acids is 2. The summed E-state index contributed by atoms with van der Waals surface area (Å²) in [6.07, 6.45) is 1.89. The Hall–Kier alpha value is -2.38. The molecule has 0 aliphatic carbocycles. The molecule has 146 valence electrons. The zero-order chi connectivity index (χ0) is 20.4. The predicted molar refractivity (Wildman–Crippen MR) is 117 cm³/mol. The molecule has 0 atom stereocenters. The minimum Gasteiger partial charge on any atom is -0.462 e. The summed E-state index contributed by atoms with van der Waals surface area (Å²) < 4.78 is 7.76. The van der Waals surface area contributed by atoms with Crippen LogP contribution in [-0.4, -0.2) is 38.8 Å². The van der Waals surface area contributed by atoms with Crippen molar-refractivity contribution < 1.29 is 14.3 Å². The van der Waals surface area contributed by atoms with Crippen LogP contribution in [0.5, 0.6) is 0 Å². The Kier molecular flexibility index (Phi) is 6.05. The lowest BCUT2D eigenvalue weighted by atomic mass is 10.2. The van der Waals surface area contributed by atoms with Gasteiger partial charge in [0.15, 0.2) is 0 Å². The van der Waals surface area contributed by atoms with Crippen molar-refractivity contribution >= 4 is 46.3 Å². The maximum Gasteiger partial charge on any atom is 0.338 e. The molecule has 1 amide bonds. The van der Waals surface area contributed by atoms with E-state index in [1.54, 1.807) is 17.9 Å². The van der Waals surface area contributed by atoms with Gasteiger partial charge in [-0.3, -0.25) is 9.69 Å². The number of hydrogen-bond donors (Lipinski definition) is 0. The van der Waals surface area contributed by atoms with E-state index in [0.29, 0.717) is 27.9 Å². The molecule has 1 aromatic heterocycles. The number of aromatic nitrogens is 1. The lowest BCUT2D eigenvalue weighted by Crippen LogP contribution is -2.27. The Balaban J connectivity index is 1.99. The van der Waals surface area contributed by atoms with Crippen molar-refractivity contribution in [2.45, 2.75) is 27.7 Å². The molecule has 0 unspecified atom stereocenters. The Morgan fingerprint density at radius 1 is 1.25 bits per heavy atom. The normalized spacial score (nSPS) is 15.6. The van der Waals surface area contributed by atoms with Gasteiger partial charge in [-0.2, -0.15) is 0 Å². The number of thioether (sulfide) groups is 1. The second kappa shape index (κ2) is 8.32. The van der Waals surface area contributed by atoms with Gasteiger partial charge in [-0.25, -0.2) is 4.79 Å². The minimum atomic E-state index is -0.338. The number of thiocarbonyl (C=S) groups is 1. The van der Waals surface area contributed by atoms with Gasteiger partial charge >= 0.3 is 5.97 Å². The molecule has 2 aromatic rings.